The van der Waals surface area contributed by atoms with Gasteiger partial charge in [-0.25, -0.2) is 4.98 Å². The predicted molar refractivity (Wildman–Crippen MR) is 123 cm³/mol. The molecule has 0 unspecified atom stereocenters. The van der Waals surface area contributed by atoms with Gasteiger partial charge >= 0.3 is 0 Å². The molecule has 2 aromatic rings. The third kappa shape index (κ3) is 6.84. The van der Waals surface area contributed by atoms with Crippen LogP contribution in [0, 0.1) is 0 Å². The summed E-state index contributed by atoms with van der Waals surface area (Å²) in [6.07, 6.45) is 9.62. The van der Waals surface area contributed by atoms with Crippen LogP contribution < -0.4 is 25.7 Å². The molecule has 1 aromatic carbocycles. The fourth-order valence-corrected chi connectivity index (χ4v) is 2.64. The molecule has 4 N–H and O–H groups in total. The van der Waals surface area contributed by atoms with E-state index in [0.29, 0.717) is 36.1 Å². The zero-order chi connectivity index (χ0) is 22.5. The lowest BCUT2D eigenvalue weighted by Crippen LogP contribution is -2.06. The highest BCUT2D eigenvalue weighted by molar-refractivity contribution is 5.55. The zero-order valence-corrected chi connectivity index (χ0v) is 18.4. The van der Waals surface area contributed by atoms with E-state index in [1.54, 1.807) is 26.5 Å². The Morgan fingerprint density at radius 3 is 2.27 bits per heavy atom. The van der Waals surface area contributed by atoms with Crippen LogP contribution in [0.2, 0.25) is 0 Å². The van der Waals surface area contributed by atoms with Gasteiger partial charge in [-0.05, 0) is 30.2 Å². The maximum atomic E-state index is 5.98. The summed E-state index contributed by atoms with van der Waals surface area (Å²) >= 11 is 0. The summed E-state index contributed by atoms with van der Waals surface area (Å²) in [5.41, 5.74) is 14.1. The van der Waals surface area contributed by atoms with Crippen LogP contribution in [-0.4, -0.2) is 30.8 Å². The first-order valence-electron chi connectivity index (χ1n) is 9.71. The predicted octanol–water partition coefficient (Wildman–Crippen LogP) is 4.34. The maximum Gasteiger partial charge on any atom is 0.221 e. The van der Waals surface area contributed by atoms with Crippen molar-refractivity contribution in [1.29, 1.82) is 0 Å². The quantitative estimate of drug-likeness (QED) is 0.590. The van der Waals surface area contributed by atoms with Gasteiger partial charge in [-0.3, -0.25) is 0 Å². The minimum absolute atomic E-state index is 0.143. The van der Waals surface area contributed by atoms with E-state index in [1.165, 1.54) is 0 Å². The normalized spacial score (nSPS) is 10.9. The highest BCUT2D eigenvalue weighted by atomic mass is 16.5. The number of nitrogens with zero attached hydrogens (tertiary/aromatic N) is 2. The molecule has 7 heteroatoms. The number of rotatable bonds is 9. The van der Waals surface area contributed by atoms with Gasteiger partial charge in [0, 0.05) is 18.2 Å². The van der Waals surface area contributed by atoms with Crippen molar-refractivity contribution in [3.05, 3.63) is 65.9 Å². The summed E-state index contributed by atoms with van der Waals surface area (Å²) in [5, 5.41) is 0. The third-order valence-corrected chi connectivity index (χ3v) is 3.93. The molecule has 7 nitrogen and oxygen atoms in total. The van der Waals surface area contributed by atoms with Gasteiger partial charge in [0.1, 0.15) is 12.4 Å². The lowest BCUT2D eigenvalue weighted by molar-refractivity contribution is 0.296. The van der Waals surface area contributed by atoms with E-state index >= 15 is 0 Å². The molecule has 0 saturated carbocycles. The number of nitrogens with two attached hydrogens (primary N) is 2. The van der Waals surface area contributed by atoms with Gasteiger partial charge in [-0.15, -0.1) is 0 Å². The molecule has 0 aliphatic heterocycles. The first kappa shape index (κ1) is 24.6. The Bertz CT molecular complexity index is 867. The molecule has 1 aromatic heterocycles. The Kier molecular flexibility index (Phi) is 10.5. The van der Waals surface area contributed by atoms with E-state index < -0.39 is 0 Å². The third-order valence-electron chi connectivity index (χ3n) is 3.93. The van der Waals surface area contributed by atoms with Gasteiger partial charge in [-0.2, -0.15) is 4.98 Å². The van der Waals surface area contributed by atoms with Crippen molar-refractivity contribution in [2.75, 3.05) is 32.3 Å². The summed E-state index contributed by atoms with van der Waals surface area (Å²) in [7, 11) is 3.16. The van der Waals surface area contributed by atoms with E-state index in [2.05, 4.69) is 16.5 Å². The van der Waals surface area contributed by atoms with Crippen molar-refractivity contribution >= 4 is 11.8 Å². The number of aromatic nitrogens is 2. The number of methoxy groups -OCH3 is 2. The molecule has 0 aliphatic carbocycles. The summed E-state index contributed by atoms with van der Waals surface area (Å²) < 4.78 is 17.0. The number of ether oxygens (including phenoxy) is 3. The molecule has 1 heterocycles. The summed E-state index contributed by atoms with van der Waals surface area (Å²) in [5.74, 6) is 2.13. The van der Waals surface area contributed by atoms with E-state index in [1.807, 2.05) is 51.1 Å². The molecule has 0 radical (unpaired) electrons. The monoisotopic (exact) mass is 412 g/mol. The molecule has 0 saturated heterocycles. The molecule has 0 fully saturated rings. The van der Waals surface area contributed by atoms with Gasteiger partial charge in [0.2, 0.25) is 11.7 Å². The molecular formula is C23H32N4O3. The molecule has 0 amide bonds. The first-order chi connectivity index (χ1) is 14.5. The van der Waals surface area contributed by atoms with Crippen LogP contribution in [0.5, 0.6) is 17.2 Å². The second kappa shape index (κ2) is 12.9. The van der Waals surface area contributed by atoms with Crippen LogP contribution >= 0.6 is 0 Å². The van der Waals surface area contributed by atoms with E-state index in [-0.39, 0.29) is 5.95 Å². The molecule has 162 valence electrons. The maximum absolute atomic E-state index is 5.98. The second-order valence-electron chi connectivity index (χ2n) is 5.91. The highest BCUT2D eigenvalue weighted by Crippen LogP contribution is 2.39. The van der Waals surface area contributed by atoms with Crippen LogP contribution in [0.15, 0.2) is 54.8 Å². The van der Waals surface area contributed by atoms with Crippen LogP contribution in [0.25, 0.3) is 0 Å². The number of benzene rings is 1. The van der Waals surface area contributed by atoms with Gasteiger partial charge in [0.05, 0.1) is 14.2 Å². The Hall–Kier alpha value is -3.48. The van der Waals surface area contributed by atoms with Crippen LogP contribution in [-0.2, 0) is 6.42 Å². The Balaban J connectivity index is 0.00000218. The fourth-order valence-electron chi connectivity index (χ4n) is 2.64. The number of hydrogen-bond acceptors (Lipinski definition) is 7. The Morgan fingerprint density at radius 1 is 1.13 bits per heavy atom. The highest BCUT2D eigenvalue weighted by Gasteiger charge is 2.16. The number of nitrogen functional groups attached to an aromatic ring is 2. The Labute approximate surface area is 179 Å². The minimum Gasteiger partial charge on any atom is -0.493 e. The molecule has 0 atom stereocenters. The van der Waals surface area contributed by atoms with Gasteiger partial charge in [-0.1, -0.05) is 44.7 Å². The average Bonchev–Trinajstić information content (AvgIpc) is 2.75. The number of allylic oxidation sites excluding steroid dienone is 3. The summed E-state index contributed by atoms with van der Waals surface area (Å²) in [6.45, 7) is 10.0. The SMILES string of the molecule is C=C/C=C(\C=C/C)COc1c(OC)cc(Cc2cnc(N)nc2N)cc1OC.CC. The summed E-state index contributed by atoms with van der Waals surface area (Å²) in [6, 6.07) is 3.75. The van der Waals surface area contributed by atoms with Crippen LogP contribution in [0.3, 0.4) is 0 Å². The fraction of sp³-hybridized carbons (Fsp3) is 0.304. The van der Waals surface area contributed by atoms with Crippen molar-refractivity contribution in [2.45, 2.75) is 27.2 Å². The zero-order valence-electron chi connectivity index (χ0n) is 18.4. The number of hydrogen-bond donors (Lipinski definition) is 2. The standard InChI is InChI=1S/C21H26N4O3.C2H6/c1-5-7-14(8-6-2)13-28-19-17(26-3)10-15(11-18(19)27-4)9-16-12-24-21(23)25-20(16)22;1-2/h5-8,10-12H,1,9,13H2,2-4H3,(H4,22,23,24,25);1-2H3/b8-6-,14-7+;. The van der Waals surface area contributed by atoms with Crippen molar-refractivity contribution in [2.24, 2.45) is 0 Å². The van der Waals surface area contributed by atoms with E-state index in [9.17, 15) is 0 Å². The van der Waals surface area contributed by atoms with Crippen molar-refractivity contribution < 1.29 is 14.2 Å². The Morgan fingerprint density at radius 2 is 1.77 bits per heavy atom. The summed E-state index contributed by atoms with van der Waals surface area (Å²) in [4.78, 5) is 7.99. The van der Waals surface area contributed by atoms with Gasteiger partial charge in [0.25, 0.3) is 0 Å². The molecule has 30 heavy (non-hydrogen) atoms. The van der Waals surface area contributed by atoms with Gasteiger partial charge < -0.3 is 25.7 Å². The van der Waals surface area contributed by atoms with Crippen molar-refractivity contribution in [3.8, 4) is 17.2 Å². The molecule has 0 spiro atoms. The molecule has 0 bridgehead atoms. The second-order valence-corrected chi connectivity index (χ2v) is 5.91. The lowest BCUT2D eigenvalue weighted by atomic mass is 10.1. The first-order valence-corrected chi connectivity index (χ1v) is 9.71. The number of anilines is 2. The van der Waals surface area contributed by atoms with Gasteiger partial charge in [0.15, 0.2) is 11.5 Å². The minimum atomic E-state index is 0.143. The smallest absolute Gasteiger partial charge is 0.221 e. The van der Waals surface area contributed by atoms with Crippen LogP contribution in [0.4, 0.5) is 11.8 Å². The topological polar surface area (TPSA) is 106 Å². The molecular weight excluding hydrogens is 380 g/mol. The van der Waals surface area contributed by atoms with Crippen molar-refractivity contribution in [3.63, 3.8) is 0 Å². The molecule has 0 aliphatic rings. The van der Waals surface area contributed by atoms with E-state index in [0.717, 1.165) is 16.7 Å². The largest absolute Gasteiger partial charge is 0.493 e. The van der Waals surface area contributed by atoms with Crippen LogP contribution in [0.1, 0.15) is 31.9 Å². The average molecular weight is 413 g/mol. The lowest BCUT2D eigenvalue weighted by Gasteiger charge is -2.17. The molecule has 2 rings (SSSR count). The van der Waals surface area contributed by atoms with E-state index in [4.69, 9.17) is 25.7 Å². The van der Waals surface area contributed by atoms with Crippen molar-refractivity contribution in [1.82, 2.24) is 9.97 Å².